The van der Waals surface area contributed by atoms with E-state index in [0.717, 1.165) is 31.5 Å². The zero-order valence-electron chi connectivity index (χ0n) is 19.4. The van der Waals surface area contributed by atoms with Crippen molar-refractivity contribution < 1.29 is 13.3 Å². The van der Waals surface area contributed by atoms with Gasteiger partial charge in [0.05, 0.1) is 6.04 Å². The molecule has 0 bridgehead atoms. The van der Waals surface area contributed by atoms with Crippen LogP contribution in [-0.2, 0) is 4.79 Å². The van der Waals surface area contributed by atoms with Crippen molar-refractivity contribution in [1.29, 1.82) is 0 Å². The van der Waals surface area contributed by atoms with Gasteiger partial charge in [0.1, 0.15) is 5.82 Å². The highest BCUT2D eigenvalue weighted by atomic mass is 19.1. The van der Waals surface area contributed by atoms with Crippen LogP contribution < -0.4 is 5.73 Å². The molecule has 1 aliphatic heterocycles. The van der Waals surface area contributed by atoms with Crippen LogP contribution in [0.1, 0.15) is 34.9 Å². The van der Waals surface area contributed by atoms with Gasteiger partial charge < -0.3 is 15.5 Å². The molecule has 154 valence electrons. The van der Waals surface area contributed by atoms with E-state index in [9.17, 15) is 9.18 Å². The fraction of sp³-hybridized carbons (Fsp3) is 0.591. The zero-order chi connectivity index (χ0) is 22.6. The van der Waals surface area contributed by atoms with Crippen LogP contribution in [0.5, 0.6) is 0 Å². The van der Waals surface area contributed by atoms with Gasteiger partial charge in [-0.3, -0.25) is 9.69 Å². The Morgan fingerprint density at radius 2 is 2.11 bits per heavy atom. The number of benzene rings is 1. The lowest BCUT2D eigenvalue weighted by Gasteiger charge is -2.34. The molecule has 28 heavy (non-hydrogen) atoms. The van der Waals surface area contributed by atoms with E-state index in [2.05, 4.69) is 11.5 Å². The molecule has 1 aromatic rings. The van der Waals surface area contributed by atoms with Crippen molar-refractivity contribution in [2.75, 3.05) is 46.2 Å². The van der Waals surface area contributed by atoms with E-state index < -0.39 is 13.0 Å². The number of hydrogen-bond donors (Lipinski definition) is 1. The molecule has 3 atom stereocenters. The summed E-state index contributed by atoms with van der Waals surface area (Å²) in [5.74, 6) is 0.0869. The Bertz CT molecular complexity index is 750. The fourth-order valence-electron chi connectivity index (χ4n) is 4.01. The summed E-state index contributed by atoms with van der Waals surface area (Å²) in [6, 6.07) is 6.55. The average molecular weight is 392 g/mol. The van der Waals surface area contributed by atoms with Crippen molar-refractivity contribution in [3.8, 4) is 0 Å². The van der Waals surface area contributed by atoms with Gasteiger partial charge in [-0.2, -0.15) is 0 Å². The Balaban J connectivity index is 1.43. The Morgan fingerprint density at radius 1 is 1.39 bits per heavy atom. The number of hydrogen-bond acceptors (Lipinski definition) is 4. The molecule has 2 fully saturated rings. The standard InChI is InChI=1S/C22H33FN4O/c1-3-10-26(21-16-19(21)17-6-8-18(23)9-7-17)11-4-5-20(24)22(28)27-14-12-25(2)13-15-27/h3,6-9,19-21H,1,4-5,10-16,24H2,2H3/t19-,20-,21+/m0/s1/i2D3. The highest BCUT2D eigenvalue weighted by molar-refractivity contribution is 5.81. The second kappa shape index (κ2) is 9.63. The number of carbonyl (C=O) groups is 1. The zero-order valence-corrected chi connectivity index (χ0v) is 16.4. The molecule has 5 nitrogen and oxygen atoms in total. The number of likely N-dealkylation sites (N-methyl/N-ethyl adjacent to an activating group) is 1. The summed E-state index contributed by atoms with van der Waals surface area (Å²) >= 11 is 0. The predicted octanol–water partition coefficient (Wildman–Crippen LogP) is 2.05. The Labute approximate surface area is 172 Å². The number of nitrogens with zero attached hydrogens (tertiary/aromatic N) is 3. The van der Waals surface area contributed by atoms with Crippen molar-refractivity contribution in [2.24, 2.45) is 5.73 Å². The normalized spacial score (nSPS) is 25.7. The summed E-state index contributed by atoms with van der Waals surface area (Å²) in [4.78, 5) is 18.1. The van der Waals surface area contributed by atoms with Gasteiger partial charge in [-0.1, -0.05) is 18.2 Å². The van der Waals surface area contributed by atoms with Gasteiger partial charge in [0.25, 0.3) is 0 Å². The van der Waals surface area contributed by atoms with Crippen LogP contribution >= 0.6 is 0 Å². The SMILES string of the molecule is [2H]C([2H])([2H])N1CCN(C(=O)[C@@H](N)CCCN(CC=C)[C@@H]2C[C@H]2c2ccc(F)cc2)CC1. The summed E-state index contributed by atoms with van der Waals surface area (Å²) in [5, 5.41) is 0. The monoisotopic (exact) mass is 391 g/mol. The first kappa shape index (κ1) is 17.1. The quantitative estimate of drug-likeness (QED) is 0.655. The third-order valence-corrected chi connectivity index (χ3v) is 5.76. The van der Waals surface area contributed by atoms with Gasteiger partial charge in [-0.25, -0.2) is 4.39 Å². The third-order valence-electron chi connectivity index (χ3n) is 5.76. The van der Waals surface area contributed by atoms with Gasteiger partial charge in [0.2, 0.25) is 5.91 Å². The van der Waals surface area contributed by atoms with E-state index in [0.29, 0.717) is 44.6 Å². The van der Waals surface area contributed by atoms with E-state index in [1.54, 1.807) is 4.90 Å². The average Bonchev–Trinajstić information content (AvgIpc) is 3.53. The van der Waals surface area contributed by atoms with E-state index in [1.165, 1.54) is 17.0 Å². The number of carbonyl (C=O) groups excluding carboxylic acids is 1. The van der Waals surface area contributed by atoms with Gasteiger partial charge in [0.15, 0.2) is 0 Å². The number of rotatable bonds is 9. The Hall–Kier alpha value is -1.76. The second-order valence-electron chi connectivity index (χ2n) is 7.81. The summed E-state index contributed by atoms with van der Waals surface area (Å²) in [5.41, 5.74) is 7.32. The molecular formula is C22H33FN4O. The maximum Gasteiger partial charge on any atom is 0.239 e. The van der Waals surface area contributed by atoms with E-state index in [4.69, 9.17) is 9.85 Å². The molecular weight excluding hydrogens is 355 g/mol. The third kappa shape index (κ3) is 5.40. The maximum absolute atomic E-state index is 13.2. The van der Waals surface area contributed by atoms with Crippen molar-refractivity contribution in [3.63, 3.8) is 0 Å². The van der Waals surface area contributed by atoms with Crippen molar-refractivity contribution >= 4 is 5.91 Å². The first-order valence-electron chi connectivity index (χ1n) is 11.6. The molecule has 3 rings (SSSR count). The van der Waals surface area contributed by atoms with Gasteiger partial charge in [-0.05, 0) is 50.5 Å². The number of nitrogens with two attached hydrogens (primary N) is 1. The molecule has 1 heterocycles. The second-order valence-corrected chi connectivity index (χ2v) is 7.81. The molecule has 2 aliphatic rings. The molecule has 2 N–H and O–H groups in total. The van der Waals surface area contributed by atoms with Crippen LogP contribution in [0.2, 0.25) is 0 Å². The van der Waals surface area contributed by atoms with Crippen LogP contribution in [0, 0.1) is 5.82 Å². The highest BCUT2D eigenvalue weighted by Gasteiger charge is 2.42. The van der Waals surface area contributed by atoms with Crippen LogP contribution in [-0.4, -0.2) is 78.9 Å². The van der Waals surface area contributed by atoms with E-state index in [-0.39, 0.29) is 11.7 Å². The first-order chi connectivity index (χ1) is 14.7. The number of piperazine rings is 1. The molecule has 0 aromatic heterocycles. The smallest absolute Gasteiger partial charge is 0.239 e. The number of halogens is 1. The largest absolute Gasteiger partial charge is 0.339 e. The summed E-state index contributed by atoms with van der Waals surface area (Å²) in [7, 11) is 0. The van der Waals surface area contributed by atoms with Crippen LogP contribution in [0.15, 0.2) is 36.9 Å². The Morgan fingerprint density at radius 3 is 2.75 bits per heavy atom. The molecule has 1 saturated heterocycles. The molecule has 0 radical (unpaired) electrons. The topological polar surface area (TPSA) is 52.8 Å². The minimum atomic E-state index is -2.11. The van der Waals surface area contributed by atoms with Crippen molar-refractivity contribution in [2.45, 2.75) is 37.3 Å². The Kier molecular flexibility index (Phi) is 5.89. The molecule has 1 saturated carbocycles. The lowest BCUT2D eigenvalue weighted by atomic mass is 10.1. The highest BCUT2D eigenvalue weighted by Crippen LogP contribution is 2.44. The molecule has 0 spiro atoms. The van der Waals surface area contributed by atoms with Crippen molar-refractivity contribution in [3.05, 3.63) is 48.3 Å². The minimum Gasteiger partial charge on any atom is -0.339 e. The lowest BCUT2D eigenvalue weighted by molar-refractivity contribution is -0.134. The van der Waals surface area contributed by atoms with Gasteiger partial charge in [0, 0.05) is 48.8 Å². The minimum absolute atomic E-state index is 0.101. The van der Waals surface area contributed by atoms with Gasteiger partial charge in [-0.15, -0.1) is 6.58 Å². The van der Waals surface area contributed by atoms with Crippen LogP contribution in [0.25, 0.3) is 0 Å². The van der Waals surface area contributed by atoms with Gasteiger partial charge >= 0.3 is 0 Å². The van der Waals surface area contributed by atoms with Crippen LogP contribution in [0.3, 0.4) is 0 Å². The molecule has 1 aromatic carbocycles. The predicted molar refractivity (Wildman–Crippen MR) is 111 cm³/mol. The lowest BCUT2D eigenvalue weighted by Crippen LogP contribution is -2.52. The number of amides is 1. The van der Waals surface area contributed by atoms with Crippen LogP contribution in [0.4, 0.5) is 4.39 Å². The summed E-state index contributed by atoms with van der Waals surface area (Å²) < 4.78 is 35.6. The van der Waals surface area contributed by atoms with E-state index in [1.807, 2.05) is 18.2 Å². The molecule has 6 heteroatoms. The van der Waals surface area contributed by atoms with Crippen molar-refractivity contribution in [1.82, 2.24) is 14.7 Å². The molecule has 0 unspecified atom stereocenters. The molecule has 1 amide bonds. The fourth-order valence-corrected chi connectivity index (χ4v) is 4.01. The van der Waals surface area contributed by atoms with E-state index >= 15 is 0 Å². The summed E-state index contributed by atoms with van der Waals surface area (Å²) in [6.07, 6.45) is 4.30. The first-order valence-corrected chi connectivity index (χ1v) is 10.1. The molecule has 1 aliphatic carbocycles. The summed E-state index contributed by atoms with van der Waals surface area (Å²) in [6.45, 7) is 4.81. The maximum atomic E-state index is 13.2.